The molecule has 1 saturated heterocycles. The van der Waals surface area contributed by atoms with Crippen molar-refractivity contribution in [1.82, 2.24) is 14.9 Å². The van der Waals surface area contributed by atoms with Crippen LogP contribution < -0.4 is 11.0 Å². The van der Waals surface area contributed by atoms with E-state index < -0.39 is 0 Å². The molecule has 5 heteroatoms. The van der Waals surface area contributed by atoms with Crippen molar-refractivity contribution in [2.45, 2.75) is 25.4 Å². The number of halogens is 1. The van der Waals surface area contributed by atoms with Crippen molar-refractivity contribution in [1.29, 1.82) is 0 Å². The van der Waals surface area contributed by atoms with E-state index in [-0.39, 0.29) is 11.9 Å². The fourth-order valence-corrected chi connectivity index (χ4v) is 2.62. The van der Waals surface area contributed by atoms with E-state index in [0.717, 1.165) is 30.4 Å². The van der Waals surface area contributed by atoms with E-state index in [1.165, 1.54) is 6.42 Å². The van der Waals surface area contributed by atoms with E-state index in [0.29, 0.717) is 5.02 Å². The van der Waals surface area contributed by atoms with Crippen LogP contribution in [0.4, 0.5) is 0 Å². The first-order valence-electron chi connectivity index (χ1n) is 5.89. The quantitative estimate of drug-likeness (QED) is 0.817. The molecule has 1 unspecified atom stereocenters. The molecule has 0 spiro atoms. The molecule has 90 valence electrons. The SMILES string of the molecule is O=c1[nH]c2ccc(Cl)cc2n1C1CCCCN1. The van der Waals surface area contributed by atoms with Gasteiger partial charge in [0.05, 0.1) is 17.2 Å². The highest BCUT2D eigenvalue weighted by Crippen LogP contribution is 2.22. The lowest BCUT2D eigenvalue weighted by Crippen LogP contribution is -2.36. The highest BCUT2D eigenvalue weighted by atomic mass is 35.5. The third-order valence-electron chi connectivity index (χ3n) is 3.28. The fourth-order valence-electron chi connectivity index (χ4n) is 2.46. The average Bonchev–Trinajstić information content (AvgIpc) is 2.65. The van der Waals surface area contributed by atoms with Gasteiger partial charge in [0, 0.05) is 5.02 Å². The molecular formula is C12H14ClN3O. The molecule has 2 aromatic rings. The Bertz CT molecular complexity index is 595. The first kappa shape index (κ1) is 10.9. The van der Waals surface area contributed by atoms with Gasteiger partial charge in [-0.3, -0.25) is 9.88 Å². The van der Waals surface area contributed by atoms with Crippen LogP contribution in [0, 0.1) is 0 Å². The monoisotopic (exact) mass is 251 g/mol. The summed E-state index contributed by atoms with van der Waals surface area (Å²) in [5.41, 5.74) is 1.65. The maximum atomic E-state index is 12.0. The van der Waals surface area contributed by atoms with Crippen molar-refractivity contribution in [2.24, 2.45) is 0 Å². The summed E-state index contributed by atoms with van der Waals surface area (Å²) in [7, 11) is 0. The summed E-state index contributed by atoms with van der Waals surface area (Å²) in [4.78, 5) is 14.8. The maximum Gasteiger partial charge on any atom is 0.327 e. The minimum atomic E-state index is -0.0679. The molecule has 1 aliphatic rings. The normalized spacial score (nSPS) is 20.9. The molecule has 0 radical (unpaired) electrons. The van der Waals surface area contributed by atoms with Crippen molar-refractivity contribution >= 4 is 22.6 Å². The standard InChI is InChI=1S/C12H14ClN3O/c13-8-4-5-9-10(7-8)16(12(17)15-9)11-3-1-2-6-14-11/h4-5,7,11,14H,1-3,6H2,(H,15,17). The van der Waals surface area contributed by atoms with Gasteiger partial charge in [0.15, 0.2) is 0 Å². The van der Waals surface area contributed by atoms with E-state index in [9.17, 15) is 4.79 Å². The highest BCUT2D eigenvalue weighted by molar-refractivity contribution is 6.31. The number of imidazole rings is 1. The van der Waals surface area contributed by atoms with Crippen LogP contribution in [0.3, 0.4) is 0 Å². The third kappa shape index (κ3) is 1.87. The van der Waals surface area contributed by atoms with Gasteiger partial charge >= 0.3 is 5.69 Å². The van der Waals surface area contributed by atoms with E-state index in [4.69, 9.17) is 11.6 Å². The predicted octanol–water partition coefficient (Wildman–Crippen LogP) is 2.26. The highest BCUT2D eigenvalue weighted by Gasteiger charge is 2.19. The van der Waals surface area contributed by atoms with Crippen LogP contribution in [0.5, 0.6) is 0 Å². The molecule has 0 aliphatic carbocycles. The van der Waals surface area contributed by atoms with Crippen LogP contribution in [-0.2, 0) is 0 Å². The minimum Gasteiger partial charge on any atom is -0.305 e. The summed E-state index contributed by atoms with van der Waals surface area (Å²) < 4.78 is 1.78. The van der Waals surface area contributed by atoms with E-state index in [1.54, 1.807) is 10.6 Å². The molecule has 17 heavy (non-hydrogen) atoms. The molecule has 1 aliphatic heterocycles. The number of aromatic nitrogens is 2. The Hall–Kier alpha value is -1.26. The molecule has 1 fully saturated rings. The van der Waals surface area contributed by atoms with Gasteiger partial charge in [-0.15, -0.1) is 0 Å². The van der Waals surface area contributed by atoms with Crippen LogP contribution in [0.15, 0.2) is 23.0 Å². The molecular weight excluding hydrogens is 238 g/mol. The summed E-state index contributed by atoms with van der Waals surface area (Å²) in [6, 6.07) is 5.47. The number of nitrogens with zero attached hydrogens (tertiary/aromatic N) is 1. The summed E-state index contributed by atoms with van der Waals surface area (Å²) in [6.45, 7) is 0.963. The van der Waals surface area contributed by atoms with Crippen LogP contribution in [-0.4, -0.2) is 16.1 Å². The largest absolute Gasteiger partial charge is 0.327 e. The smallest absolute Gasteiger partial charge is 0.305 e. The summed E-state index contributed by atoms with van der Waals surface area (Å²) in [5.74, 6) is 0. The topological polar surface area (TPSA) is 49.8 Å². The molecule has 1 aromatic carbocycles. The second kappa shape index (κ2) is 4.20. The molecule has 3 rings (SSSR count). The number of fused-ring (bicyclic) bond motifs is 1. The first-order chi connectivity index (χ1) is 8.25. The van der Waals surface area contributed by atoms with Crippen molar-refractivity contribution in [3.8, 4) is 0 Å². The van der Waals surface area contributed by atoms with Gasteiger partial charge < -0.3 is 4.98 Å². The van der Waals surface area contributed by atoms with E-state index in [2.05, 4.69) is 10.3 Å². The molecule has 1 aromatic heterocycles. The Balaban J connectivity index is 2.16. The van der Waals surface area contributed by atoms with Gasteiger partial charge in [0.1, 0.15) is 0 Å². The number of aromatic amines is 1. The van der Waals surface area contributed by atoms with Crippen LogP contribution in [0.1, 0.15) is 25.4 Å². The van der Waals surface area contributed by atoms with E-state index in [1.807, 2.05) is 12.1 Å². The summed E-state index contributed by atoms with van der Waals surface area (Å²) in [6.07, 6.45) is 3.40. The Labute approximate surface area is 104 Å². The Kier molecular flexibility index (Phi) is 2.68. The Morgan fingerprint density at radius 2 is 2.24 bits per heavy atom. The number of benzene rings is 1. The van der Waals surface area contributed by atoms with Crippen molar-refractivity contribution in [3.05, 3.63) is 33.7 Å². The second-order valence-electron chi connectivity index (χ2n) is 4.43. The van der Waals surface area contributed by atoms with Gasteiger partial charge in [-0.1, -0.05) is 11.6 Å². The predicted molar refractivity (Wildman–Crippen MR) is 68.5 cm³/mol. The number of nitrogens with one attached hydrogen (secondary N) is 2. The maximum absolute atomic E-state index is 12.0. The average molecular weight is 252 g/mol. The van der Waals surface area contributed by atoms with Gasteiger partial charge in [0.2, 0.25) is 0 Å². The van der Waals surface area contributed by atoms with Gasteiger partial charge in [-0.2, -0.15) is 0 Å². The van der Waals surface area contributed by atoms with Crippen molar-refractivity contribution < 1.29 is 0 Å². The first-order valence-corrected chi connectivity index (χ1v) is 6.26. The number of piperidine rings is 1. The third-order valence-corrected chi connectivity index (χ3v) is 3.51. The molecule has 4 nitrogen and oxygen atoms in total. The molecule has 0 bridgehead atoms. The van der Waals surface area contributed by atoms with Crippen molar-refractivity contribution in [3.63, 3.8) is 0 Å². The lowest BCUT2D eigenvalue weighted by molar-refractivity contribution is 0.321. The second-order valence-corrected chi connectivity index (χ2v) is 4.86. The number of hydrogen-bond acceptors (Lipinski definition) is 2. The number of H-pyrrole nitrogens is 1. The zero-order chi connectivity index (χ0) is 11.8. The number of hydrogen-bond donors (Lipinski definition) is 2. The zero-order valence-electron chi connectivity index (χ0n) is 9.37. The lowest BCUT2D eigenvalue weighted by atomic mass is 10.1. The summed E-state index contributed by atoms with van der Waals surface area (Å²) in [5, 5.41) is 4.03. The van der Waals surface area contributed by atoms with E-state index >= 15 is 0 Å². The summed E-state index contributed by atoms with van der Waals surface area (Å²) >= 11 is 5.99. The molecule has 1 atom stereocenters. The lowest BCUT2D eigenvalue weighted by Gasteiger charge is -2.24. The van der Waals surface area contributed by atoms with Crippen molar-refractivity contribution in [2.75, 3.05) is 6.54 Å². The Morgan fingerprint density at radius 1 is 1.35 bits per heavy atom. The van der Waals surface area contributed by atoms with Gasteiger partial charge in [0.25, 0.3) is 0 Å². The van der Waals surface area contributed by atoms with Gasteiger partial charge in [-0.25, -0.2) is 4.79 Å². The minimum absolute atomic E-state index is 0.0679. The molecule has 2 heterocycles. The van der Waals surface area contributed by atoms with Gasteiger partial charge in [-0.05, 0) is 44.0 Å². The van der Waals surface area contributed by atoms with Crippen LogP contribution in [0.2, 0.25) is 5.02 Å². The van der Waals surface area contributed by atoms with Crippen LogP contribution in [0.25, 0.3) is 11.0 Å². The Morgan fingerprint density at radius 3 is 3.00 bits per heavy atom. The molecule has 2 N–H and O–H groups in total. The zero-order valence-corrected chi connectivity index (χ0v) is 10.1. The number of rotatable bonds is 1. The molecule has 0 amide bonds. The van der Waals surface area contributed by atoms with Crippen LogP contribution >= 0.6 is 11.6 Å². The fraction of sp³-hybridized carbons (Fsp3) is 0.417. The molecule has 0 saturated carbocycles.